The first kappa shape index (κ1) is 17.8. The highest BCUT2D eigenvalue weighted by molar-refractivity contribution is 6.32. The van der Waals surface area contributed by atoms with Crippen molar-refractivity contribution in [2.45, 2.75) is 13.0 Å². The van der Waals surface area contributed by atoms with Gasteiger partial charge in [-0.2, -0.15) is 0 Å². The molecule has 2 aliphatic rings. The molecule has 1 fully saturated rings. The van der Waals surface area contributed by atoms with Crippen molar-refractivity contribution in [1.82, 2.24) is 0 Å². The van der Waals surface area contributed by atoms with E-state index in [1.165, 1.54) is 48.5 Å². The summed E-state index contributed by atoms with van der Waals surface area (Å²) in [5, 5.41) is 3.87. The van der Waals surface area contributed by atoms with Crippen molar-refractivity contribution in [2.24, 2.45) is 11.1 Å². The second-order valence-electron chi connectivity index (χ2n) is 6.27. The number of rotatable bonds is 4. The number of anilines is 1. The first-order valence-corrected chi connectivity index (χ1v) is 8.66. The smallest absolute Gasteiger partial charge is 0.338 e. The van der Waals surface area contributed by atoms with E-state index >= 15 is 0 Å². The van der Waals surface area contributed by atoms with Crippen LogP contribution in [0, 0.1) is 11.7 Å². The zero-order valence-electron chi connectivity index (χ0n) is 14.8. The number of fused-ring (bicyclic) bond motifs is 1. The van der Waals surface area contributed by atoms with Crippen LogP contribution in [0.15, 0.2) is 53.7 Å². The fourth-order valence-corrected chi connectivity index (χ4v) is 3.25. The van der Waals surface area contributed by atoms with Gasteiger partial charge in [0.1, 0.15) is 17.4 Å². The summed E-state index contributed by atoms with van der Waals surface area (Å²) >= 11 is 0. The summed E-state index contributed by atoms with van der Waals surface area (Å²) in [7, 11) is 0. The maximum Gasteiger partial charge on any atom is 0.338 e. The van der Waals surface area contributed by atoms with Gasteiger partial charge in [0.2, 0.25) is 12.0 Å². The lowest BCUT2D eigenvalue weighted by atomic mass is 9.94. The number of oxime groups is 1. The highest BCUT2D eigenvalue weighted by atomic mass is 19.1. The minimum absolute atomic E-state index is 0.246. The van der Waals surface area contributed by atoms with Gasteiger partial charge in [-0.05, 0) is 43.3 Å². The fourth-order valence-electron chi connectivity index (χ4n) is 3.25. The van der Waals surface area contributed by atoms with Gasteiger partial charge in [0.05, 0.1) is 17.9 Å². The van der Waals surface area contributed by atoms with E-state index in [2.05, 4.69) is 5.16 Å². The lowest BCUT2D eigenvalue weighted by molar-refractivity contribution is -0.126. The summed E-state index contributed by atoms with van der Waals surface area (Å²) in [6.07, 6.45) is -1.06. The minimum Gasteiger partial charge on any atom is -0.462 e. The van der Waals surface area contributed by atoms with Crippen LogP contribution >= 0.6 is 0 Å². The Hall–Kier alpha value is -3.55. The molecule has 0 N–H and O–H groups in total. The molecular formula is C20H15FN2O5. The molecule has 2 aliphatic heterocycles. The van der Waals surface area contributed by atoms with Crippen molar-refractivity contribution in [1.29, 1.82) is 0 Å². The van der Waals surface area contributed by atoms with Crippen molar-refractivity contribution < 1.29 is 28.3 Å². The molecule has 2 heterocycles. The molecule has 2 unspecified atom stereocenters. The van der Waals surface area contributed by atoms with E-state index in [-0.39, 0.29) is 12.3 Å². The summed E-state index contributed by atoms with van der Waals surface area (Å²) in [6.45, 7) is 1.95. The van der Waals surface area contributed by atoms with Gasteiger partial charge in [0, 0.05) is 5.56 Å². The van der Waals surface area contributed by atoms with Crippen molar-refractivity contribution >= 4 is 29.2 Å². The lowest BCUT2D eigenvalue weighted by Crippen LogP contribution is -2.33. The van der Waals surface area contributed by atoms with Gasteiger partial charge in [-0.15, -0.1) is 0 Å². The standard InChI is InChI=1S/C20H15FN2O5/c1-2-27-20(26)12-5-9-14(10-6-12)23-18(24)15-16(22-28-17(15)19(23)25)11-3-7-13(21)8-4-11/h3-10,15,17H,2H2,1H3. The molecule has 0 saturated carbocycles. The van der Waals surface area contributed by atoms with Gasteiger partial charge in [-0.25, -0.2) is 14.1 Å². The second-order valence-corrected chi connectivity index (χ2v) is 6.27. The van der Waals surface area contributed by atoms with E-state index in [4.69, 9.17) is 9.57 Å². The Morgan fingerprint density at radius 3 is 2.43 bits per heavy atom. The monoisotopic (exact) mass is 382 g/mol. The third kappa shape index (κ3) is 2.83. The van der Waals surface area contributed by atoms with Crippen molar-refractivity contribution in [3.8, 4) is 0 Å². The van der Waals surface area contributed by atoms with Crippen LogP contribution in [-0.2, 0) is 19.2 Å². The van der Waals surface area contributed by atoms with E-state index in [1.54, 1.807) is 6.92 Å². The molecule has 2 aromatic carbocycles. The zero-order valence-corrected chi connectivity index (χ0v) is 14.8. The van der Waals surface area contributed by atoms with Crippen LogP contribution in [0.4, 0.5) is 10.1 Å². The molecule has 28 heavy (non-hydrogen) atoms. The number of hydrogen-bond donors (Lipinski definition) is 0. The molecule has 142 valence electrons. The molecular weight excluding hydrogens is 367 g/mol. The predicted octanol–water partition coefficient (Wildman–Crippen LogP) is 2.29. The maximum absolute atomic E-state index is 13.2. The van der Waals surface area contributed by atoms with Gasteiger partial charge < -0.3 is 9.57 Å². The normalized spacial score (nSPS) is 20.6. The summed E-state index contributed by atoms with van der Waals surface area (Å²) in [4.78, 5) is 43.6. The molecule has 2 aromatic rings. The minimum atomic E-state index is -1.06. The molecule has 1 saturated heterocycles. The Morgan fingerprint density at radius 2 is 1.79 bits per heavy atom. The van der Waals surface area contributed by atoms with E-state index in [0.717, 1.165) is 4.90 Å². The molecule has 0 spiro atoms. The number of carbonyl (C=O) groups is 3. The van der Waals surface area contributed by atoms with Crippen molar-refractivity contribution in [3.63, 3.8) is 0 Å². The van der Waals surface area contributed by atoms with Crippen LogP contribution in [0.3, 0.4) is 0 Å². The average Bonchev–Trinajstić information content (AvgIpc) is 3.23. The number of imide groups is 1. The Bertz CT molecular complexity index is 985. The lowest BCUT2D eigenvalue weighted by Gasteiger charge is -2.15. The number of carbonyl (C=O) groups excluding carboxylic acids is 3. The van der Waals surface area contributed by atoms with Crippen molar-refractivity contribution in [2.75, 3.05) is 11.5 Å². The Labute approximate surface area is 159 Å². The quantitative estimate of drug-likeness (QED) is 0.598. The zero-order chi connectivity index (χ0) is 19.8. The Balaban J connectivity index is 1.60. The van der Waals surface area contributed by atoms with Crippen LogP contribution < -0.4 is 4.90 Å². The van der Waals surface area contributed by atoms with Gasteiger partial charge in [-0.3, -0.25) is 9.59 Å². The van der Waals surface area contributed by atoms with Gasteiger partial charge in [0.25, 0.3) is 5.91 Å². The Morgan fingerprint density at radius 1 is 1.11 bits per heavy atom. The highest BCUT2D eigenvalue weighted by Gasteiger charge is 2.56. The summed E-state index contributed by atoms with van der Waals surface area (Å²) in [6, 6.07) is 11.4. The number of ether oxygens (including phenoxy) is 1. The molecule has 4 rings (SSSR count). The van der Waals surface area contributed by atoms with Crippen molar-refractivity contribution in [3.05, 3.63) is 65.5 Å². The van der Waals surface area contributed by atoms with Crippen LogP contribution in [0.1, 0.15) is 22.8 Å². The van der Waals surface area contributed by atoms with Gasteiger partial charge in [0.15, 0.2) is 0 Å². The Kier molecular flexibility index (Phi) is 4.38. The molecule has 2 atom stereocenters. The molecule has 0 aliphatic carbocycles. The van der Waals surface area contributed by atoms with Gasteiger partial charge in [-0.1, -0.05) is 17.3 Å². The number of nitrogens with zero attached hydrogens (tertiary/aromatic N) is 2. The van der Waals surface area contributed by atoms with Crippen LogP contribution in [0.25, 0.3) is 0 Å². The van der Waals surface area contributed by atoms with Crippen LogP contribution in [-0.4, -0.2) is 36.2 Å². The predicted molar refractivity (Wildman–Crippen MR) is 96.2 cm³/mol. The molecule has 0 aromatic heterocycles. The molecule has 2 amide bonds. The van der Waals surface area contributed by atoms with Crippen LogP contribution in [0.5, 0.6) is 0 Å². The summed E-state index contributed by atoms with van der Waals surface area (Å²) < 4.78 is 18.1. The maximum atomic E-state index is 13.2. The highest BCUT2D eigenvalue weighted by Crippen LogP contribution is 2.35. The summed E-state index contributed by atoms with van der Waals surface area (Å²) in [5.74, 6) is -2.84. The fraction of sp³-hybridized carbons (Fsp3) is 0.200. The first-order valence-electron chi connectivity index (χ1n) is 8.66. The molecule has 0 radical (unpaired) electrons. The number of benzene rings is 2. The molecule has 8 heteroatoms. The van der Waals surface area contributed by atoms with E-state index in [1.807, 2.05) is 0 Å². The topological polar surface area (TPSA) is 85.3 Å². The van der Waals surface area contributed by atoms with Gasteiger partial charge >= 0.3 is 5.97 Å². The largest absolute Gasteiger partial charge is 0.462 e. The van der Waals surface area contributed by atoms with E-state index in [0.29, 0.717) is 16.8 Å². The molecule has 0 bridgehead atoms. The van der Waals surface area contributed by atoms with E-state index < -0.39 is 35.6 Å². The van der Waals surface area contributed by atoms with E-state index in [9.17, 15) is 18.8 Å². The molecule has 7 nitrogen and oxygen atoms in total. The SMILES string of the molecule is CCOC(=O)c1ccc(N2C(=O)C3ON=C(c4ccc(F)cc4)C3C2=O)cc1. The number of hydrogen-bond acceptors (Lipinski definition) is 6. The van der Waals surface area contributed by atoms with Crippen LogP contribution in [0.2, 0.25) is 0 Å². The number of esters is 1. The average molecular weight is 382 g/mol. The third-order valence-electron chi connectivity index (χ3n) is 4.59. The summed E-state index contributed by atoms with van der Waals surface area (Å²) in [5.41, 5.74) is 1.43. The number of amides is 2. The first-order chi connectivity index (χ1) is 13.5. The number of halogens is 1. The third-order valence-corrected chi connectivity index (χ3v) is 4.59. The second kappa shape index (κ2) is 6.88.